The van der Waals surface area contributed by atoms with Gasteiger partial charge in [-0.25, -0.2) is 27.8 Å². The molecule has 1 unspecified atom stereocenters. The number of nitrogens with one attached hydrogen (secondary N) is 2. The standard InChI is InChI=1S/C19H22ClFN6O2S/c1-11(2)30(28,29)27-5-3-4-13(10-27)25-19-16(21)9-24-18(26-19)15-8-23-17-14(15)6-12(20)7-22-17/h6-9,11,13H,3-5,10H2,1-2H3,(H,22,23)(H,24,25,26). The van der Waals surface area contributed by atoms with Crippen LogP contribution in [0, 0.1) is 5.82 Å². The minimum Gasteiger partial charge on any atom is -0.363 e. The van der Waals surface area contributed by atoms with Crippen LogP contribution in [-0.2, 0) is 10.0 Å². The van der Waals surface area contributed by atoms with Gasteiger partial charge < -0.3 is 10.3 Å². The van der Waals surface area contributed by atoms with Crippen molar-refractivity contribution >= 4 is 38.5 Å². The second-order valence-corrected chi connectivity index (χ2v) is 10.5. The number of anilines is 1. The molecule has 30 heavy (non-hydrogen) atoms. The highest BCUT2D eigenvalue weighted by Gasteiger charge is 2.31. The van der Waals surface area contributed by atoms with Crippen molar-refractivity contribution in [3.8, 4) is 11.4 Å². The van der Waals surface area contributed by atoms with E-state index >= 15 is 0 Å². The van der Waals surface area contributed by atoms with Crippen LogP contribution in [0.2, 0.25) is 5.02 Å². The van der Waals surface area contributed by atoms with Crippen molar-refractivity contribution in [3.63, 3.8) is 0 Å². The summed E-state index contributed by atoms with van der Waals surface area (Å²) in [7, 11) is -3.36. The highest BCUT2D eigenvalue weighted by atomic mass is 35.5. The van der Waals surface area contributed by atoms with Crippen molar-refractivity contribution in [2.24, 2.45) is 0 Å². The van der Waals surface area contributed by atoms with Gasteiger partial charge in [0.2, 0.25) is 10.0 Å². The first-order valence-electron chi connectivity index (χ1n) is 9.66. The fourth-order valence-corrected chi connectivity index (χ4v) is 5.07. The lowest BCUT2D eigenvalue weighted by atomic mass is 10.1. The van der Waals surface area contributed by atoms with Crippen LogP contribution in [-0.4, -0.2) is 57.0 Å². The molecule has 11 heteroatoms. The predicted octanol–water partition coefficient (Wildman–Crippen LogP) is 3.43. The number of sulfonamides is 1. The van der Waals surface area contributed by atoms with Crippen LogP contribution in [0.5, 0.6) is 0 Å². The number of hydrogen-bond acceptors (Lipinski definition) is 6. The van der Waals surface area contributed by atoms with Gasteiger partial charge in [0.1, 0.15) is 5.65 Å². The van der Waals surface area contributed by atoms with Crippen molar-refractivity contribution in [1.29, 1.82) is 0 Å². The van der Waals surface area contributed by atoms with E-state index in [4.69, 9.17) is 11.6 Å². The molecule has 8 nitrogen and oxygen atoms in total. The first-order chi connectivity index (χ1) is 14.3. The number of hydrogen-bond donors (Lipinski definition) is 2. The zero-order valence-electron chi connectivity index (χ0n) is 16.6. The summed E-state index contributed by atoms with van der Waals surface area (Å²) in [4.78, 5) is 15.7. The number of fused-ring (bicyclic) bond motifs is 1. The number of nitrogens with zero attached hydrogens (tertiary/aromatic N) is 4. The number of piperidine rings is 1. The Morgan fingerprint density at radius 1 is 1.33 bits per heavy atom. The molecule has 1 aliphatic heterocycles. The summed E-state index contributed by atoms with van der Waals surface area (Å²) in [6.07, 6.45) is 5.74. The van der Waals surface area contributed by atoms with E-state index in [2.05, 4.69) is 25.3 Å². The van der Waals surface area contributed by atoms with E-state index in [1.807, 2.05) is 0 Å². The minimum atomic E-state index is -3.36. The molecule has 0 spiro atoms. The van der Waals surface area contributed by atoms with E-state index in [9.17, 15) is 12.8 Å². The smallest absolute Gasteiger partial charge is 0.216 e. The lowest BCUT2D eigenvalue weighted by Gasteiger charge is -2.33. The molecule has 0 amide bonds. The van der Waals surface area contributed by atoms with Gasteiger partial charge in [0.05, 0.1) is 16.5 Å². The number of H-pyrrole nitrogens is 1. The molecule has 0 radical (unpaired) electrons. The molecule has 2 N–H and O–H groups in total. The van der Waals surface area contributed by atoms with Crippen LogP contribution >= 0.6 is 11.6 Å². The summed E-state index contributed by atoms with van der Waals surface area (Å²) in [6.45, 7) is 4.06. The van der Waals surface area contributed by atoms with Crippen LogP contribution in [0.3, 0.4) is 0 Å². The van der Waals surface area contributed by atoms with Crippen LogP contribution in [0.4, 0.5) is 10.2 Å². The monoisotopic (exact) mass is 452 g/mol. The van der Waals surface area contributed by atoms with E-state index in [0.29, 0.717) is 35.0 Å². The third-order valence-electron chi connectivity index (χ3n) is 5.16. The van der Waals surface area contributed by atoms with Crippen molar-refractivity contribution in [2.75, 3.05) is 18.4 Å². The molecule has 3 aromatic rings. The third kappa shape index (κ3) is 3.99. The molecule has 1 atom stereocenters. The fraction of sp³-hybridized carbons (Fsp3) is 0.421. The maximum absolute atomic E-state index is 14.4. The quantitative estimate of drug-likeness (QED) is 0.614. The van der Waals surface area contributed by atoms with E-state index < -0.39 is 21.1 Å². The van der Waals surface area contributed by atoms with Crippen LogP contribution in [0.1, 0.15) is 26.7 Å². The predicted molar refractivity (Wildman–Crippen MR) is 114 cm³/mol. The molecule has 4 rings (SSSR count). The van der Waals surface area contributed by atoms with E-state index in [0.717, 1.165) is 18.0 Å². The maximum atomic E-state index is 14.4. The van der Waals surface area contributed by atoms with Gasteiger partial charge in [0, 0.05) is 42.5 Å². The molecular weight excluding hydrogens is 431 g/mol. The molecule has 0 saturated carbocycles. The topological polar surface area (TPSA) is 104 Å². The van der Waals surface area contributed by atoms with Gasteiger partial charge in [-0.1, -0.05) is 11.6 Å². The molecule has 1 aliphatic rings. The number of aromatic amines is 1. The summed E-state index contributed by atoms with van der Waals surface area (Å²) in [5.74, 6) is -0.242. The van der Waals surface area contributed by atoms with Crippen molar-refractivity contribution in [3.05, 3.63) is 35.5 Å². The zero-order valence-corrected chi connectivity index (χ0v) is 18.1. The molecule has 4 heterocycles. The molecule has 1 fully saturated rings. The molecule has 0 aromatic carbocycles. The molecule has 0 bridgehead atoms. The molecule has 0 aliphatic carbocycles. The Morgan fingerprint density at radius 3 is 2.90 bits per heavy atom. The van der Waals surface area contributed by atoms with Crippen LogP contribution < -0.4 is 5.32 Å². The molecular formula is C19H22ClFN6O2S. The van der Waals surface area contributed by atoms with Crippen molar-refractivity contribution in [1.82, 2.24) is 24.2 Å². The van der Waals surface area contributed by atoms with Gasteiger partial charge >= 0.3 is 0 Å². The van der Waals surface area contributed by atoms with Gasteiger partial charge in [-0.15, -0.1) is 0 Å². The Bertz CT molecular complexity index is 1180. The summed E-state index contributed by atoms with van der Waals surface area (Å²) in [5.41, 5.74) is 1.27. The summed E-state index contributed by atoms with van der Waals surface area (Å²) in [5, 5.41) is 3.77. The molecule has 1 saturated heterocycles. The molecule has 3 aromatic heterocycles. The van der Waals surface area contributed by atoms with Gasteiger partial charge in [-0.3, -0.25) is 0 Å². The Hall–Kier alpha value is -2.30. The average Bonchev–Trinajstić information content (AvgIpc) is 3.13. The first kappa shape index (κ1) is 21.0. The van der Waals surface area contributed by atoms with E-state index in [-0.39, 0.29) is 18.4 Å². The Kier molecular flexibility index (Phi) is 5.65. The lowest BCUT2D eigenvalue weighted by Crippen LogP contribution is -2.47. The van der Waals surface area contributed by atoms with Gasteiger partial charge in [-0.05, 0) is 32.8 Å². The largest absolute Gasteiger partial charge is 0.363 e. The number of pyridine rings is 1. The summed E-state index contributed by atoms with van der Waals surface area (Å²) < 4.78 is 40.9. The second kappa shape index (κ2) is 8.09. The van der Waals surface area contributed by atoms with E-state index in [1.165, 1.54) is 10.5 Å². The second-order valence-electron chi connectivity index (χ2n) is 7.58. The normalized spacial score (nSPS) is 18.2. The number of aromatic nitrogens is 4. The van der Waals surface area contributed by atoms with Crippen LogP contribution in [0.25, 0.3) is 22.4 Å². The van der Waals surface area contributed by atoms with Crippen LogP contribution in [0.15, 0.2) is 24.7 Å². The van der Waals surface area contributed by atoms with Crippen molar-refractivity contribution < 1.29 is 12.8 Å². The lowest BCUT2D eigenvalue weighted by molar-refractivity contribution is 0.324. The zero-order chi connectivity index (χ0) is 21.5. The summed E-state index contributed by atoms with van der Waals surface area (Å²) in [6, 6.07) is 1.49. The van der Waals surface area contributed by atoms with Gasteiger partial charge in [-0.2, -0.15) is 4.31 Å². The molecule has 160 valence electrons. The highest BCUT2D eigenvalue weighted by molar-refractivity contribution is 7.89. The maximum Gasteiger partial charge on any atom is 0.216 e. The van der Waals surface area contributed by atoms with E-state index in [1.54, 1.807) is 26.1 Å². The Morgan fingerprint density at radius 2 is 2.13 bits per heavy atom. The first-order valence-corrected chi connectivity index (χ1v) is 11.5. The number of halogens is 2. The van der Waals surface area contributed by atoms with Gasteiger partial charge in [0.15, 0.2) is 17.5 Å². The highest BCUT2D eigenvalue weighted by Crippen LogP contribution is 2.29. The van der Waals surface area contributed by atoms with Gasteiger partial charge in [0.25, 0.3) is 0 Å². The third-order valence-corrected chi connectivity index (χ3v) is 7.61. The summed E-state index contributed by atoms with van der Waals surface area (Å²) >= 11 is 6.05. The number of rotatable bonds is 5. The minimum absolute atomic E-state index is 0.0399. The van der Waals surface area contributed by atoms with Crippen molar-refractivity contribution in [2.45, 2.75) is 38.0 Å². The Balaban J connectivity index is 1.60. The Labute approximate surface area is 178 Å². The fourth-order valence-electron chi connectivity index (χ4n) is 3.54. The SMILES string of the molecule is CC(C)S(=O)(=O)N1CCCC(Nc2nc(-c3c[nH]c4ncc(Cl)cc34)ncc2F)C1. The average molecular weight is 453 g/mol.